The second kappa shape index (κ2) is 11.5. The van der Waals surface area contributed by atoms with Gasteiger partial charge in [0.25, 0.3) is 0 Å². The van der Waals surface area contributed by atoms with Crippen molar-refractivity contribution in [1.29, 1.82) is 0 Å². The van der Waals surface area contributed by atoms with E-state index in [1.807, 2.05) is 78.9 Å². The van der Waals surface area contributed by atoms with Crippen LogP contribution in [0.5, 0.6) is 0 Å². The topological polar surface area (TPSA) is 112 Å². The van der Waals surface area contributed by atoms with E-state index >= 15 is 0 Å². The van der Waals surface area contributed by atoms with Crippen LogP contribution in [-0.4, -0.2) is 41.0 Å². The first-order valence-electron chi connectivity index (χ1n) is 12.5. The molecule has 0 saturated heterocycles. The Morgan fingerprint density at radius 3 is 2.18 bits per heavy atom. The highest BCUT2D eigenvalue weighted by molar-refractivity contribution is 5.97. The average Bonchev–Trinajstić information content (AvgIpc) is 3.43. The lowest BCUT2D eigenvalue weighted by molar-refractivity contribution is -0.139. The van der Waals surface area contributed by atoms with Crippen molar-refractivity contribution in [2.75, 3.05) is 13.2 Å². The summed E-state index contributed by atoms with van der Waals surface area (Å²) >= 11 is 0. The van der Waals surface area contributed by atoms with E-state index in [4.69, 9.17) is 9.47 Å². The molecule has 0 saturated carbocycles. The number of nitrogens with zero attached hydrogens (tertiary/aromatic N) is 2. The number of ether oxygens (including phenoxy) is 2. The van der Waals surface area contributed by atoms with Crippen LogP contribution in [-0.2, 0) is 14.3 Å². The van der Waals surface area contributed by atoms with E-state index < -0.39 is 24.0 Å². The van der Waals surface area contributed by atoms with Gasteiger partial charge in [-0.25, -0.2) is 19.1 Å². The Labute approximate surface area is 225 Å². The molecule has 0 fully saturated rings. The van der Waals surface area contributed by atoms with Crippen molar-refractivity contribution in [2.45, 2.75) is 13.0 Å². The normalized spacial score (nSPS) is 14.8. The predicted molar refractivity (Wildman–Crippen MR) is 144 cm³/mol. The van der Waals surface area contributed by atoms with Gasteiger partial charge < -0.3 is 20.1 Å². The Balaban J connectivity index is 1.48. The molecule has 1 unspecified atom stereocenters. The summed E-state index contributed by atoms with van der Waals surface area (Å²) in [5.41, 5.74) is 3.20. The quantitative estimate of drug-likeness (QED) is 0.328. The van der Waals surface area contributed by atoms with Crippen LogP contribution in [0.2, 0.25) is 0 Å². The van der Waals surface area contributed by atoms with Crippen LogP contribution >= 0.6 is 0 Å². The summed E-state index contributed by atoms with van der Waals surface area (Å²) in [6.45, 7) is 1.48. The van der Waals surface area contributed by atoms with Crippen molar-refractivity contribution < 1.29 is 23.9 Å². The van der Waals surface area contributed by atoms with Gasteiger partial charge in [0.1, 0.15) is 17.9 Å². The van der Waals surface area contributed by atoms with Gasteiger partial charge in [0.15, 0.2) is 0 Å². The maximum atomic E-state index is 13.4. The first-order chi connectivity index (χ1) is 19.0. The van der Waals surface area contributed by atoms with Crippen molar-refractivity contribution >= 4 is 18.0 Å². The lowest BCUT2D eigenvalue weighted by Crippen LogP contribution is -2.47. The summed E-state index contributed by atoms with van der Waals surface area (Å²) in [6, 6.07) is 26.5. The lowest BCUT2D eigenvalue weighted by Gasteiger charge is -2.29. The lowest BCUT2D eigenvalue weighted by atomic mass is 9.95. The molecule has 4 aromatic rings. The Kier molecular flexibility index (Phi) is 7.49. The number of hydrogen-bond acceptors (Lipinski definition) is 6. The summed E-state index contributed by atoms with van der Waals surface area (Å²) in [4.78, 5) is 38.9. The highest BCUT2D eigenvalue weighted by Gasteiger charge is 2.34. The van der Waals surface area contributed by atoms with Crippen LogP contribution in [0.4, 0.5) is 4.79 Å². The predicted octanol–water partition coefficient (Wildman–Crippen LogP) is 4.57. The van der Waals surface area contributed by atoms with Gasteiger partial charge in [-0.1, -0.05) is 78.9 Å². The van der Waals surface area contributed by atoms with Crippen LogP contribution in [0.1, 0.15) is 28.9 Å². The number of nitrogens with one attached hydrogen (secondary N) is 2. The zero-order valence-corrected chi connectivity index (χ0v) is 21.2. The SMILES string of the molecule is CCOC(=O)C1=C(COC(=O)c2cn(-c3ccccc3)nc2-c2ccccc2)NC(=O)NC1c1ccccc1. The van der Waals surface area contributed by atoms with E-state index in [-0.39, 0.29) is 30.0 Å². The number of urea groups is 1. The van der Waals surface area contributed by atoms with Crippen molar-refractivity contribution in [3.8, 4) is 16.9 Å². The summed E-state index contributed by atoms with van der Waals surface area (Å²) in [5, 5.41) is 10.0. The number of rotatable bonds is 8. The van der Waals surface area contributed by atoms with Gasteiger partial charge >= 0.3 is 18.0 Å². The molecule has 0 radical (unpaired) electrons. The highest BCUT2D eigenvalue weighted by Crippen LogP contribution is 2.29. The molecule has 2 N–H and O–H groups in total. The van der Waals surface area contributed by atoms with E-state index in [9.17, 15) is 14.4 Å². The number of hydrogen-bond donors (Lipinski definition) is 2. The monoisotopic (exact) mass is 522 g/mol. The van der Waals surface area contributed by atoms with Gasteiger partial charge in [0, 0.05) is 11.8 Å². The van der Waals surface area contributed by atoms with E-state index in [0.717, 1.165) is 11.3 Å². The Hall–Kier alpha value is -5.18. The van der Waals surface area contributed by atoms with Crippen LogP contribution in [0.15, 0.2) is 108 Å². The molecule has 5 rings (SSSR count). The fraction of sp³-hybridized carbons (Fsp3) is 0.133. The number of carbonyl (C=O) groups excluding carboxylic acids is 3. The van der Waals surface area contributed by atoms with Gasteiger partial charge in [-0.3, -0.25) is 0 Å². The van der Waals surface area contributed by atoms with Crippen LogP contribution in [0, 0.1) is 0 Å². The molecule has 2 heterocycles. The number of carbonyl (C=O) groups is 3. The van der Waals surface area contributed by atoms with Gasteiger partial charge in [0.2, 0.25) is 0 Å². The summed E-state index contributed by atoms with van der Waals surface area (Å²) in [6.07, 6.45) is 1.61. The number of para-hydroxylation sites is 1. The second-order valence-electron chi connectivity index (χ2n) is 8.67. The average molecular weight is 523 g/mol. The highest BCUT2D eigenvalue weighted by atomic mass is 16.5. The number of esters is 2. The van der Waals surface area contributed by atoms with Gasteiger partial charge in [-0.2, -0.15) is 5.10 Å². The Morgan fingerprint density at radius 1 is 0.872 bits per heavy atom. The fourth-order valence-corrected chi connectivity index (χ4v) is 4.34. The summed E-state index contributed by atoms with van der Waals surface area (Å²) < 4.78 is 12.6. The van der Waals surface area contributed by atoms with Crippen LogP contribution < -0.4 is 10.6 Å². The van der Waals surface area contributed by atoms with Crippen molar-refractivity contribution in [1.82, 2.24) is 20.4 Å². The number of amides is 2. The molecule has 1 aliphatic heterocycles. The molecular formula is C30H26N4O5. The van der Waals surface area contributed by atoms with E-state index in [2.05, 4.69) is 15.7 Å². The van der Waals surface area contributed by atoms with E-state index in [1.54, 1.807) is 29.9 Å². The minimum absolute atomic E-state index is 0.143. The second-order valence-corrected chi connectivity index (χ2v) is 8.67. The molecule has 3 aromatic carbocycles. The third-order valence-corrected chi connectivity index (χ3v) is 6.13. The molecule has 0 bridgehead atoms. The van der Waals surface area contributed by atoms with Gasteiger partial charge in [0.05, 0.1) is 29.6 Å². The first kappa shape index (κ1) is 25.5. The molecule has 9 heteroatoms. The maximum Gasteiger partial charge on any atom is 0.342 e. The van der Waals surface area contributed by atoms with Crippen LogP contribution in [0.25, 0.3) is 16.9 Å². The summed E-state index contributed by atoms with van der Waals surface area (Å²) in [5.74, 6) is -1.28. The molecular weight excluding hydrogens is 496 g/mol. The molecule has 1 atom stereocenters. The van der Waals surface area contributed by atoms with Gasteiger partial charge in [-0.05, 0) is 24.6 Å². The minimum atomic E-state index is -0.770. The molecule has 0 spiro atoms. The summed E-state index contributed by atoms with van der Waals surface area (Å²) in [7, 11) is 0. The molecule has 0 aliphatic carbocycles. The van der Waals surface area contributed by atoms with Crippen molar-refractivity contribution in [2.24, 2.45) is 0 Å². The third kappa shape index (κ3) is 5.57. The molecule has 2 amide bonds. The maximum absolute atomic E-state index is 13.4. The van der Waals surface area contributed by atoms with Gasteiger partial charge in [-0.15, -0.1) is 0 Å². The van der Waals surface area contributed by atoms with E-state index in [0.29, 0.717) is 11.3 Å². The van der Waals surface area contributed by atoms with E-state index in [1.165, 1.54) is 0 Å². The third-order valence-electron chi connectivity index (χ3n) is 6.13. The van der Waals surface area contributed by atoms with Crippen molar-refractivity contribution in [3.63, 3.8) is 0 Å². The molecule has 196 valence electrons. The fourth-order valence-electron chi connectivity index (χ4n) is 4.34. The molecule has 1 aliphatic rings. The molecule has 1 aromatic heterocycles. The Morgan fingerprint density at radius 2 is 1.51 bits per heavy atom. The van der Waals surface area contributed by atoms with Crippen LogP contribution in [0.3, 0.4) is 0 Å². The standard InChI is InChI=1S/C30H26N4O5/c1-2-38-29(36)25-24(31-30(37)32-27(25)21-14-8-4-9-15-21)19-39-28(35)23-18-34(22-16-10-5-11-17-22)33-26(23)20-12-6-3-7-13-20/h3-18,27H,2,19H2,1H3,(H2,31,32,37). The molecule has 9 nitrogen and oxygen atoms in total. The first-order valence-corrected chi connectivity index (χ1v) is 12.5. The molecule has 39 heavy (non-hydrogen) atoms. The van der Waals surface area contributed by atoms with Crippen molar-refractivity contribution in [3.05, 3.63) is 120 Å². The Bertz CT molecular complexity index is 1510. The largest absolute Gasteiger partial charge is 0.463 e. The number of benzene rings is 3. The minimum Gasteiger partial charge on any atom is -0.463 e. The zero-order chi connectivity index (χ0) is 27.2. The number of aromatic nitrogens is 2. The smallest absolute Gasteiger partial charge is 0.342 e. The zero-order valence-electron chi connectivity index (χ0n) is 21.2.